The lowest BCUT2D eigenvalue weighted by Crippen LogP contribution is -1.96. The van der Waals surface area contributed by atoms with Crippen molar-refractivity contribution in [1.29, 1.82) is 0 Å². The van der Waals surface area contributed by atoms with Gasteiger partial charge in [-0.25, -0.2) is 8.42 Å². The molecule has 0 aromatic carbocycles. The van der Waals surface area contributed by atoms with Crippen molar-refractivity contribution in [1.82, 2.24) is 4.98 Å². The van der Waals surface area contributed by atoms with Crippen molar-refractivity contribution in [3.63, 3.8) is 0 Å². The maximum Gasteiger partial charge on any atom is 0.160 e. The minimum atomic E-state index is -2.79. The van der Waals surface area contributed by atoms with Crippen molar-refractivity contribution in [2.45, 2.75) is 11.5 Å². The first-order valence-corrected chi connectivity index (χ1v) is 4.85. The highest BCUT2D eigenvalue weighted by molar-refractivity contribution is 7.90. The fourth-order valence-corrected chi connectivity index (χ4v) is 2.77. The van der Waals surface area contributed by atoms with Crippen LogP contribution in [-0.4, -0.2) is 13.4 Å². The lowest BCUT2D eigenvalue weighted by Gasteiger charge is -1.85. The van der Waals surface area contributed by atoms with E-state index in [0.717, 1.165) is 11.3 Å². The van der Waals surface area contributed by atoms with Gasteiger partial charge in [0.25, 0.3) is 0 Å². The third kappa shape index (κ3) is 0.759. The van der Waals surface area contributed by atoms with Crippen LogP contribution in [0.1, 0.15) is 11.3 Å². The first-order valence-electron chi connectivity index (χ1n) is 3.03. The highest BCUT2D eigenvalue weighted by Crippen LogP contribution is 2.22. The van der Waals surface area contributed by atoms with Crippen molar-refractivity contribution in [2.24, 2.45) is 0 Å². The van der Waals surface area contributed by atoms with Gasteiger partial charge < -0.3 is 4.98 Å². The molecule has 0 radical (unpaired) electrons. The Labute approximate surface area is 59.0 Å². The second-order valence-corrected chi connectivity index (χ2v) is 4.58. The summed E-state index contributed by atoms with van der Waals surface area (Å²) >= 11 is 0. The number of rotatable bonds is 0. The third-order valence-corrected chi connectivity index (χ3v) is 3.15. The van der Waals surface area contributed by atoms with Crippen molar-refractivity contribution >= 4 is 9.84 Å². The second kappa shape index (κ2) is 1.63. The van der Waals surface area contributed by atoms with E-state index in [1.807, 2.05) is 6.07 Å². The Morgan fingerprint density at radius 2 is 2.20 bits per heavy atom. The molecule has 0 bridgehead atoms. The molecule has 3 nitrogen and oxygen atoms in total. The second-order valence-electron chi connectivity index (χ2n) is 2.51. The molecule has 1 aromatic heterocycles. The minimum Gasteiger partial charge on any atom is -0.364 e. The summed E-state index contributed by atoms with van der Waals surface area (Å²) in [6.45, 7) is 0. The number of sulfone groups is 1. The zero-order chi connectivity index (χ0) is 7.19. The summed E-state index contributed by atoms with van der Waals surface area (Å²) in [7, 11) is -2.79. The molecule has 0 saturated carbocycles. The molecule has 2 heterocycles. The number of hydrogen-bond acceptors (Lipinski definition) is 2. The Kier molecular flexibility index (Phi) is 0.976. The molecule has 1 aliphatic rings. The van der Waals surface area contributed by atoms with Crippen LogP contribution < -0.4 is 0 Å². The molecule has 54 valence electrons. The van der Waals surface area contributed by atoms with Gasteiger partial charge in [0, 0.05) is 11.9 Å². The minimum absolute atomic E-state index is 0.190. The van der Waals surface area contributed by atoms with Crippen LogP contribution in [-0.2, 0) is 21.3 Å². The lowest BCUT2D eigenvalue weighted by atomic mass is 10.3. The molecule has 0 aliphatic carbocycles. The van der Waals surface area contributed by atoms with Gasteiger partial charge in [-0.05, 0) is 11.6 Å². The predicted octanol–water partition coefficient (Wildman–Crippen LogP) is 0.443. The number of H-pyrrole nitrogens is 1. The Balaban J connectivity index is 2.56. The van der Waals surface area contributed by atoms with E-state index in [1.165, 1.54) is 0 Å². The Bertz CT molecular complexity index is 323. The van der Waals surface area contributed by atoms with Crippen LogP contribution >= 0.6 is 0 Å². The van der Waals surface area contributed by atoms with Gasteiger partial charge in [-0.3, -0.25) is 0 Å². The van der Waals surface area contributed by atoms with Gasteiger partial charge in [0.05, 0.1) is 11.5 Å². The van der Waals surface area contributed by atoms with Crippen LogP contribution in [0.5, 0.6) is 0 Å². The number of fused-ring (bicyclic) bond motifs is 1. The van der Waals surface area contributed by atoms with Gasteiger partial charge in [-0.1, -0.05) is 0 Å². The Hall–Kier alpha value is -0.770. The van der Waals surface area contributed by atoms with Gasteiger partial charge in [0.2, 0.25) is 0 Å². The molecule has 0 amide bonds. The van der Waals surface area contributed by atoms with Gasteiger partial charge in [-0.15, -0.1) is 0 Å². The van der Waals surface area contributed by atoms with E-state index < -0.39 is 9.84 Å². The summed E-state index contributed by atoms with van der Waals surface area (Å²) in [5, 5.41) is 0. The average molecular weight is 157 g/mol. The van der Waals surface area contributed by atoms with Crippen molar-refractivity contribution in [3.8, 4) is 0 Å². The molecule has 4 heteroatoms. The number of aromatic amines is 1. The highest BCUT2D eigenvalue weighted by atomic mass is 32.2. The summed E-state index contributed by atoms with van der Waals surface area (Å²) in [5.74, 6) is 0.404. The highest BCUT2D eigenvalue weighted by Gasteiger charge is 2.24. The van der Waals surface area contributed by atoms with E-state index in [9.17, 15) is 8.42 Å². The van der Waals surface area contributed by atoms with Crippen molar-refractivity contribution in [2.75, 3.05) is 0 Å². The van der Waals surface area contributed by atoms with E-state index in [0.29, 0.717) is 0 Å². The molecule has 0 spiro atoms. The first kappa shape index (κ1) is 5.97. The van der Waals surface area contributed by atoms with Gasteiger partial charge in [0.15, 0.2) is 9.84 Å². The van der Waals surface area contributed by atoms with E-state index in [1.54, 1.807) is 6.20 Å². The number of nitrogens with one attached hydrogen (secondary N) is 1. The lowest BCUT2D eigenvalue weighted by molar-refractivity contribution is 0.597. The van der Waals surface area contributed by atoms with E-state index in [4.69, 9.17) is 0 Å². The van der Waals surface area contributed by atoms with Gasteiger partial charge in [-0.2, -0.15) is 0 Å². The normalized spacial score (nSPS) is 20.8. The maximum atomic E-state index is 10.9. The van der Waals surface area contributed by atoms with Crippen molar-refractivity contribution in [3.05, 3.63) is 23.5 Å². The van der Waals surface area contributed by atoms with Crippen molar-refractivity contribution < 1.29 is 8.42 Å². The quantitative estimate of drug-likeness (QED) is 0.594. The summed E-state index contributed by atoms with van der Waals surface area (Å²) < 4.78 is 21.9. The molecular weight excluding hydrogens is 150 g/mol. The van der Waals surface area contributed by atoms with Crippen LogP contribution in [0.4, 0.5) is 0 Å². The molecule has 2 rings (SSSR count). The Morgan fingerprint density at radius 1 is 1.40 bits per heavy atom. The molecular formula is C6H7NO2S. The van der Waals surface area contributed by atoms with Crippen LogP contribution in [0.3, 0.4) is 0 Å². The first-order chi connectivity index (χ1) is 4.67. The molecule has 0 saturated heterocycles. The van der Waals surface area contributed by atoms with E-state index >= 15 is 0 Å². The molecule has 1 aromatic rings. The number of hydrogen-bond donors (Lipinski definition) is 1. The topological polar surface area (TPSA) is 49.9 Å². The van der Waals surface area contributed by atoms with E-state index in [-0.39, 0.29) is 11.5 Å². The SMILES string of the molecule is O=S1(=O)Cc2cc[nH]c2C1. The van der Waals surface area contributed by atoms with Crippen LogP contribution in [0.2, 0.25) is 0 Å². The average Bonchev–Trinajstić information content (AvgIpc) is 2.20. The molecule has 0 atom stereocenters. The third-order valence-electron chi connectivity index (χ3n) is 1.67. The summed E-state index contributed by atoms with van der Waals surface area (Å²) in [6.07, 6.45) is 1.78. The zero-order valence-corrected chi connectivity index (χ0v) is 6.11. The predicted molar refractivity (Wildman–Crippen MR) is 37.1 cm³/mol. The maximum absolute atomic E-state index is 10.9. The van der Waals surface area contributed by atoms with Gasteiger partial charge in [0.1, 0.15) is 0 Å². The van der Waals surface area contributed by atoms with Crippen LogP contribution in [0.25, 0.3) is 0 Å². The van der Waals surface area contributed by atoms with Crippen LogP contribution in [0.15, 0.2) is 12.3 Å². The summed E-state index contributed by atoms with van der Waals surface area (Å²) in [5.41, 5.74) is 1.79. The molecule has 1 N–H and O–H groups in total. The number of aromatic nitrogens is 1. The smallest absolute Gasteiger partial charge is 0.160 e. The Morgan fingerprint density at radius 3 is 2.90 bits per heavy atom. The monoisotopic (exact) mass is 157 g/mol. The molecule has 1 aliphatic heterocycles. The summed E-state index contributed by atoms with van der Waals surface area (Å²) in [6, 6.07) is 1.82. The van der Waals surface area contributed by atoms with Crippen LogP contribution in [0, 0.1) is 0 Å². The molecule has 0 unspecified atom stereocenters. The fourth-order valence-electron chi connectivity index (χ4n) is 1.21. The van der Waals surface area contributed by atoms with Gasteiger partial charge >= 0.3 is 0 Å². The fraction of sp³-hybridized carbons (Fsp3) is 0.333. The standard InChI is InChI=1S/C6H7NO2S/c8-10(9)3-5-1-2-7-6(5)4-10/h1-2,7H,3-4H2. The molecule has 10 heavy (non-hydrogen) atoms. The van der Waals surface area contributed by atoms with E-state index in [2.05, 4.69) is 4.98 Å². The zero-order valence-electron chi connectivity index (χ0n) is 5.29. The largest absolute Gasteiger partial charge is 0.364 e. The summed E-state index contributed by atoms with van der Waals surface area (Å²) in [4.78, 5) is 2.89. The molecule has 0 fully saturated rings.